The molecule has 6 heteroatoms. The van der Waals surface area contributed by atoms with E-state index in [0.29, 0.717) is 18.7 Å². The first kappa shape index (κ1) is 13.0. The Kier molecular flexibility index (Phi) is 2.95. The van der Waals surface area contributed by atoms with Gasteiger partial charge in [0.25, 0.3) is 5.91 Å². The van der Waals surface area contributed by atoms with Crippen LogP contribution in [0.2, 0.25) is 0 Å². The predicted molar refractivity (Wildman–Crippen MR) is 66.1 cm³/mol. The second kappa shape index (κ2) is 4.07. The van der Waals surface area contributed by atoms with E-state index >= 15 is 0 Å². The Morgan fingerprint density at radius 3 is 2.17 bits per heavy atom. The van der Waals surface area contributed by atoms with Crippen LogP contribution in [0.5, 0.6) is 0 Å². The lowest BCUT2D eigenvalue weighted by Gasteiger charge is -2.44. The molecule has 1 aromatic rings. The summed E-state index contributed by atoms with van der Waals surface area (Å²) in [7, 11) is -3.24. The average Bonchev–Trinajstić information content (AvgIpc) is 2.24. The van der Waals surface area contributed by atoms with Gasteiger partial charge in [-0.05, 0) is 31.2 Å². The number of carbonyl (C=O) groups is 1. The highest BCUT2D eigenvalue weighted by Crippen LogP contribution is 2.22. The lowest BCUT2D eigenvalue weighted by Crippen LogP contribution is -2.61. The maximum Gasteiger partial charge on any atom is 0.254 e. The molecule has 0 aliphatic carbocycles. The third kappa shape index (κ3) is 2.54. The Bertz CT molecular complexity index is 567. The Balaban J connectivity index is 2.14. The first-order valence-electron chi connectivity index (χ1n) is 5.51. The van der Waals surface area contributed by atoms with Crippen molar-refractivity contribution in [1.82, 2.24) is 4.90 Å². The number of sulfone groups is 1. The molecule has 1 amide bonds. The fourth-order valence-electron chi connectivity index (χ4n) is 1.95. The van der Waals surface area contributed by atoms with Crippen molar-refractivity contribution in [2.45, 2.75) is 17.4 Å². The van der Waals surface area contributed by atoms with Crippen molar-refractivity contribution >= 4 is 15.7 Å². The lowest BCUT2D eigenvalue weighted by atomic mass is 9.96. The van der Waals surface area contributed by atoms with Crippen LogP contribution in [0.15, 0.2) is 29.2 Å². The van der Waals surface area contributed by atoms with E-state index in [1.165, 1.54) is 29.2 Å². The number of rotatable bonds is 2. The molecule has 18 heavy (non-hydrogen) atoms. The van der Waals surface area contributed by atoms with E-state index in [-0.39, 0.29) is 10.8 Å². The van der Waals surface area contributed by atoms with Gasteiger partial charge in [-0.2, -0.15) is 0 Å². The molecular weight excluding hydrogens is 254 g/mol. The summed E-state index contributed by atoms with van der Waals surface area (Å²) in [6, 6.07) is 5.82. The van der Waals surface area contributed by atoms with Gasteiger partial charge < -0.3 is 10.0 Å². The standard InChI is InChI=1S/C12H15NO4S/c1-12(15)7-13(8-12)11(14)9-3-5-10(6-4-9)18(2,16)17/h3-6,15H,7-8H2,1-2H3. The van der Waals surface area contributed by atoms with Gasteiger partial charge in [-0.1, -0.05) is 0 Å². The Morgan fingerprint density at radius 1 is 1.28 bits per heavy atom. The van der Waals surface area contributed by atoms with Crippen LogP contribution in [0, 0.1) is 0 Å². The molecule has 1 aliphatic heterocycles. The van der Waals surface area contributed by atoms with Crippen LogP contribution in [-0.2, 0) is 9.84 Å². The Morgan fingerprint density at radius 2 is 1.78 bits per heavy atom. The summed E-state index contributed by atoms with van der Waals surface area (Å²) in [5, 5.41) is 9.56. The highest BCUT2D eigenvalue weighted by molar-refractivity contribution is 7.90. The molecule has 1 aliphatic rings. The van der Waals surface area contributed by atoms with Crippen molar-refractivity contribution in [2.24, 2.45) is 0 Å². The van der Waals surface area contributed by atoms with Crippen LogP contribution in [0.3, 0.4) is 0 Å². The van der Waals surface area contributed by atoms with E-state index in [9.17, 15) is 18.3 Å². The first-order valence-corrected chi connectivity index (χ1v) is 7.40. The van der Waals surface area contributed by atoms with Crippen molar-refractivity contribution in [1.29, 1.82) is 0 Å². The number of β-amino-alcohol motifs (C(OH)–C–C–N with tert-alkyl or cyclic N) is 1. The number of hydrogen-bond acceptors (Lipinski definition) is 4. The van der Waals surface area contributed by atoms with Gasteiger partial charge in [0.2, 0.25) is 0 Å². The van der Waals surface area contributed by atoms with Gasteiger partial charge in [-0.25, -0.2) is 8.42 Å². The molecule has 1 fully saturated rings. The molecule has 1 heterocycles. The topological polar surface area (TPSA) is 74.7 Å². The minimum atomic E-state index is -3.24. The highest BCUT2D eigenvalue weighted by atomic mass is 32.2. The fraction of sp³-hybridized carbons (Fsp3) is 0.417. The van der Waals surface area contributed by atoms with Crippen LogP contribution in [0.25, 0.3) is 0 Å². The van der Waals surface area contributed by atoms with E-state index < -0.39 is 15.4 Å². The fourth-order valence-corrected chi connectivity index (χ4v) is 2.58. The summed E-state index contributed by atoms with van der Waals surface area (Å²) in [5.41, 5.74) is -0.375. The van der Waals surface area contributed by atoms with Crippen LogP contribution in [0.4, 0.5) is 0 Å². The molecule has 0 aromatic heterocycles. The molecule has 1 saturated heterocycles. The van der Waals surface area contributed by atoms with Gasteiger partial charge in [0.05, 0.1) is 23.6 Å². The molecule has 0 spiro atoms. The quantitative estimate of drug-likeness (QED) is 0.837. The summed E-state index contributed by atoms with van der Waals surface area (Å²) in [4.78, 5) is 13.7. The van der Waals surface area contributed by atoms with Crippen molar-refractivity contribution in [3.8, 4) is 0 Å². The molecule has 0 radical (unpaired) electrons. The molecular formula is C12H15NO4S. The van der Waals surface area contributed by atoms with Gasteiger partial charge in [-0.15, -0.1) is 0 Å². The maximum atomic E-state index is 11.9. The zero-order chi connectivity index (χ0) is 13.6. The van der Waals surface area contributed by atoms with E-state index in [2.05, 4.69) is 0 Å². The molecule has 0 unspecified atom stereocenters. The molecule has 1 aromatic carbocycles. The molecule has 5 nitrogen and oxygen atoms in total. The van der Waals surface area contributed by atoms with Crippen LogP contribution in [0.1, 0.15) is 17.3 Å². The van der Waals surface area contributed by atoms with Gasteiger partial charge in [0.15, 0.2) is 9.84 Å². The first-order chi connectivity index (χ1) is 8.19. The molecule has 98 valence electrons. The molecule has 2 rings (SSSR count). The number of nitrogens with zero attached hydrogens (tertiary/aromatic N) is 1. The number of amides is 1. The largest absolute Gasteiger partial charge is 0.386 e. The van der Waals surface area contributed by atoms with E-state index in [1.54, 1.807) is 6.92 Å². The van der Waals surface area contributed by atoms with Crippen molar-refractivity contribution < 1.29 is 18.3 Å². The highest BCUT2D eigenvalue weighted by Gasteiger charge is 2.39. The molecule has 0 saturated carbocycles. The third-order valence-corrected chi connectivity index (χ3v) is 4.01. The van der Waals surface area contributed by atoms with E-state index in [0.717, 1.165) is 6.26 Å². The smallest absolute Gasteiger partial charge is 0.254 e. The minimum absolute atomic E-state index is 0.189. The number of hydrogen-bond donors (Lipinski definition) is 1. The van der Waals surface area contributed by atoms with Gasteiger partial charge >= 0.3 is 0 Å². The van der Waals surface area contributed by atoms with Crippen LogP contribution in [-0.4, -0.2) is 49.3 Å². The lowest BCUT2D eigenvalue weighted by molar-refractivity contribution is -0.0668. The third-order valence-electron chi connectivity index (χ3n) is 2.88. The van der Waals surface area contributed by atoms with Gasteiger partial charge in [0.1, 0.15) is 0 Å². The number of aliphatic hydroxyl groups is 1. The normalized spacial score (nSPS) is 18.3. The zero-order valence-electron chi connectivity index (χ0n) is 10.3. The van der Waals surface area contributed by atoms with E-state index in [1.807, 2.05) is 0 Å². The second-order valence-electron chi connectivity index (χ2n) is 4.95. The van der Waals surface area contributed by atoms with Gasteiger partial charge in [-0.3, -0.25) is 4.79 Å². The van der Waals surface area contributed by atoms with Crippen LogP contribution >= 0.6 is 0 Å². The average molecular weight is 269 g/mol. The SMILES string of the molecule is CC1(O)CN(C(=O)c2ccc(S(C)(=O)=O)cc2)C1. The zero-order valence-corrected chi connectivity index (χ0v) is 11.1. The summed E-state index contributed by atoms with van der Waals surface area (Å²) in [6.07, 6.45) is 1.12. The summed E-state index contributed by atoms with van der Waals surface area (Å²) < 4.78 is 22.5. The molecule has 1 N–H and O–H groups in total. The Labute approximate surface area is 106 Å². The summed E-state index contributed by atoms with van der Waals surface area (Å²) in [6.45, 7) is 2.28. The summed E-state index contributed by atoms with van der Waals surface area (Å²) >= 11 is 0. The van der Waals surface area contributed by atoms with Crippen LogP contribution < -0.4 is 0 Å². The maximum absolute atomic E-state index is 11.9. The minimum Gasteiger partial charge on any atom is -0.386 e. The summed E-state index contributed by atoms with van der Waals surface area (Å²) in [5.74, 6) is -0.193. The number of carbonyl (C=O) groups excluding carboxylic acids is 1. The Hall–Kier alpha value is -1.40. The number of benzene rings is 1. The van der Waals surface area contributed by atoms with Gasteiger partial charge in [0, 0.05) is 11.8 Å². The molecule has 0 atom stereocenters. The second-order valence-corrected chi connectivity index (χ2v) is 6.97. The van der Waals surface area contributed by atoms with Crippen molar-refractivity contribution in [3.63, 3.8) is 0 Å². The monoisotopic (exact) mass is 269 g/mol. The van der Waals surface area contributed by atoms with Crippen molar-refractivity contribution in [2.75, 3.05) is 19.3 Å². The molecule has 0 bridgehead atoms. The predicted octanol–water partition coefficient (Wildman–Crippen LogP) is 0.297. The number of likely N-dealkylation sites (tertiary alicyclic amines) is 1. The van der Waals surface area contributed by atoms with E-state index in [4.69, 9.17) is 0 Å². The van der Waals surface area contributed by atoms with Crippen molar-refractivity contribution in [3.05, 3.63) is 29.8 Å².